The van der Waals surface area contributed by atoms with Crippen LogP contribution < -0.4 is 0 Å². The molecular weight excluding hydrogens is 184 g/mol. The van der Waals surface area contributed by atoms with Gasteiger partial charge in [0.05, 0.1) is 5.60 Å². The van der Waals surface area contributed by atoms with Gasteiger partial charge in [0.2, 0.25) is 0 Å². The summed E-state index contributed by atoms with van der Waals surface area (Å²) < 4.78 is 0. The third-order valence-electron chi connectivity index (χ3n) is 4.58. The normalized spacial score (nSPS) is 29.4. The lowest BCUT2D eigenvalue weighted by molar-refractivity contribution is -0.0377. The van der Waals surface area contributed by atoms with Gasteiger partial charge in [0.1, 0.15) is 0 Å². The minimum absolute atomic E-state index is 0.277. The highest BCUT2D eigenvalue weighted by atomic mass is 16.3. The molecule has 0 aromatic rings. The molecule has 0 amide bonds. The summed E-state index contributed by atoms with van der Waals surface area (Å²) in [5.41, 5.74) is -0.277. The van der Waals surface area contributed by atoms with E-state index >= 15 is 0 Å². The molecular formula is C14H26O. The molecule has 0 atom stereocenters. The van der Waals surface area contributed by atoms with E-state index in [1.54, 1.807) is 0 Å². The van der Waals surface area contributed by atoms with E-state index in [1.165, 1.54) is 64.2 Å². The second-order valence-corrected chi connectivity index (χ2v) is 5.71. The van der Waals surface area contributed by atoms with Gasteiger partial charge in [-0.3, -0.25) is 0 Å². The first-order chi connectivity index (χ1) is 7.31. The van der Waals surface area contributed by atoms with Gasteiger partial charge in [-0.25, -0.2) is 0 Å². The Kier molecular flexibility index (Phi) is 4.07. The van der Waals surface area contributed by atoms with E-state index in [9.17, 15) is 5.11 Å². The molecule has 0 aromatic heterocycles. The number of hydrogen-bond donors (Lipinski definition) is 1. The van der Waals surface area contributed by atoms with Gasteiger partial charge in [0, 0.05) is 0 Å². The molecule has 0 aliphatic heterocycles. The third-order valence-corrected chi connectivity index (χ3v) is 4.58. The summed E-state index contributed by atoms with van der Waals surface area (Å²) in [6.45, 7) is 0. The Morgan fingerprint density at radius 2 is 1.13 bits per heavy atom. The molecule has 1 nitrogen and oxygen atoms in total. The fraction of sp³-hybridized carbons (Fsp3) is 1.00. The molecule has 15 heavy (non-hydrogen) atoms. The average molecular weight is 210 g/mol. The van der Waals surface area contributed by atoms with Crippen molar-refractivity contribution in [3.8, 4) is 0 Å². The van der Waals surface area contributed by atoms with Crippen molar-refractivity contribution in [1.82, 2.24) is 0 Å². The van der Waals surface area contributed by atoms with Gasteiger partial charge in [-0.1, -0.05) is 51.4 Å². The van der Waals surface area contributed by atoms with Crippen molar-refractivity contribution in [3.63, 3.8) is 0 Å². The van der Waals surface area contributed by atoms with Crippen LogP contribution in [0.3, 0.4) is 0 Å². The van der Waals surface area contributed by atoms with Gasteiger partial charge in [-0.2, -0.15) is 0 Å². The molecule has 0 spiro atoms. The smallest absolute Gasteiger partial charge is 0.0675 e. The molecule has 2 aliphatic carbocycles. The van der Waals surface area contributed by atoms with Crippen LogP contribution in [-0.2, 0) is 0 Å². The molecule has 0 bridgehead atoms. The van der Waals surface area contributed by atoms with Gasteiger partial charge in [-0.05, 0) is 31.6 Å². The predicted molar refractivity (Wildman–Crippen MR) is 63.8 cm³/mol. The largest absolute Gasteiger partial charge is 0.390 e. The second kappa shape index (κ2) is 5.34. The minimum Gasteiger partial charge on any atom is -0.390 e. The Hall–Kier alpha value is -0.0400. The number of hydrogen-bond acceptors (Lipinski definition) is 1. The molecule has 0 unspecified atom stereocenters. The Bertz CT molecular complexity index is 172. The van der Waals surface area contributed by atoms with Gasteiger partial charge in [0.25, 0.3) is 0 Å². The van der Waals surface area contributed by atoms with E-state index in [0.29, 0.717) is 5.92 Å². The zero-order valence-corrected chi connectivity index (χ0v) is 10.0. The first-order valence-electron chi connectivity index (χ1n) is 7.04. The van der Waals surface area contributed by atoms with E-state index in [0.717, 1.165) is 12.8 Å². The van der Waals surface area contributed by atoms with Crippen molar-refractivity contribution in [2.45, 2.75) is 82.7 Å². The van der Waals surface area contributed by atoms with Crippen LogP contribution in [0.1, 0.15) is 77.0 Å². The number of aliphatic hydroxyl groups is 1. The summed E-state index contributed by atoms with van der Waals surface area (Å²) in [4.78, 5) is 0. The molecule has 2 fully saturated rings. The van der Waals surface area contributed by atoms with E-state index in [-0.39, 0.29) is 5.60 Å². The van der Waals surface area contributed by atoms with E-state index in [2.05, 4.69) is 0 Å². The van der Waals surface area contributed by atoms with Gasteiger partial charge in [-0.15, -0.1) is 0 Å². The summed E-state index contributed by atoms with van der Waals surface area (Å²) in [7, 11) is 0. The predicted octanol–water partition coefficient (Wildman–Crippen LogP) is 4.04. The topological polar surface area (TPSA) is 20.2 Å². The summed E-state index contributed by atoms with van der Waals surface area (Å²) in [5, 5.41) is 10.8. The summed E-state index contributed by atoms with van der Waals surface area (Å²) in [6, 6.07) is 0. The Morgan fingerprint density at radius 3 is 1.67 bits per heavy atom. The molecule has 0 aromatic carbocycles. The standard InChI is InChI=1S/C14H26O/c15-14(11-7-3-4-8-12-14)13-9-5-1-2-6-10-13/h13,15H,1-12H2. The first-order valence-corrected chi connectivity index (χ1v) is 7.04. The van der Waals surface area contributed by atoms with E-state index in [1.807, 2.05) is 0 Å². The van der Waals surface area contributed by atoms with Crippen LogP contribution in [-0.4, -0.2) is 10.7 Å². The van der Waals surface area contributed by atoms with Gasteiger partial charge in [0.15, 0.2) is 0 Å². The van der Waals surface area contributed by atoms with Crippen LogP contribution in [0.15, 0.2) is 0 Å². The van der Waals surface area contributed by atoms with Crippen LogP contribution in [0, 0.1) is 5.92 Å². The van der Waals surface area contributed by atoms with Crippen LogP contribution in [0.25, 0.3) is 0 Å². The van der Waals surface area contributed by atoms with Gasteiger partial charge < -0.3 is 5.11 Å². The highest BCUT2D eigenvalue weighted by Gasteiger charge is 2.36. The Morgan fingerprint density at radius 1 is 0.667 bits per heavy atom. The molecule has 1 N–H and O–H groups in total. The maximum atomic E-state index is 10.8. The van der Waals surface area contributed by atoms with E-state index in [4.69, 9.17) is 0 Å². The van der Waals surface area contributed by atoms with Crippen molar-refractivity contribution in [1.29, 1.82) is 0 Å². The van der Waals surface area contributed by atoms with Crippen LogP contribution >= 0.6 is 0 Å². The highest BCUT2D eigenvalue weighted by Crippen LogP contribution is 2.39. The van der Waals surface area contributed by atoms with Gasteiger partial charge >= 0.3 is 0 Å². The lowest BCUT2D eigenvalue weighted by Gasteiger charge is -2.35. The first kappa shape index (κ1) is 11.4. The lowest BCUT2D eigenvalue weighted by atomic mass is 9.77. The quantitative estimate of drug-likeness (QED) is 0.648. The molecule has 0 heterocycles. The average Bonchev–Trinajstić information content (AvgIpc) is 2.60. The zero-order valence-electron chi connectivity index (χ0n) is 10.0. The molecule has 2 aliphatic rings. The van der Waals surface area contributed by atoms with Crippen LogP contribution in [0.4, 0.5) is 0 Å². The second-order valence-electron chi connectivity index (χ2n) is 5.71. The summed E-state index contributed by atoms with van der Waals surface area (Å²) in [5.74, 6) is 0.623. The molecule has 1 heteroatoms. The Labute approximate surface area is 94.3 Å². The molecule has 2 rings (SSSR count). The number of rotatable bonds is 1. The van der Waals surface area contributed by atoms with Crippen molar-refractivity contribution in [2.75, 3.05) is 0 Å². The minimum atomic E-state index is -0.277. The SMILES string of the molecule is OC1(C2CCCCCC2)CCCCCC1. The molecule has 2 saturated carbocycles. The molecule has 0 radical (unpaired) electrons. The Balaban J connectivity index is 1.97. The van der Waals surface area contributed by atoms with Crippen molar-refractivity contribution in [3.05, 3.63) is 0 Å². The fourth-order valence-corrected chi connectivity index (χ4v) is 3.57. The third kappa shape index (κ3) is 2.96. The fourth-order valence-electron chi connectivity index (χ4n) is 3.57. The monoisotopic (exact) mass is 210 g/mol. The zero-order chi connectivity index (χ0) is 10.6. The molecule has 88 valence electrons. The van der Waals surface area contributed by atoms with Crippen LogP contribution in [0.2, 0.25) is 0 Å². The van der Waals surface area contributed by atoms with Crippen molar-refractivity contribution in [2.24, 2.45) is 5.92 Å². The summed E-state index contributed by atoms with van der Waals surface area (Å²) in [6.07, 6.45) is 15.4. The van der Waals surface area contributed by atoms with Crippen molar-refractivity contribution >= 4 is 0 Å². The molecule has 0 saturated heterocycles. The van der Waals surface area contributed by atoms with E-state index < -0.39 is 0 Å². The maximum Gasteiger partial charge on any atom is 0.0675 e. The lowest BCUT2D eigenvalue weighted by Crippen LogP contribution is -2.37. The van der Waals surface area contributed by atoms with Crippen molar-refractivity contribution < 1.29 is 5.11 Å². The highest BCUT2D eigenvalue weighted by molar-refractivity contribution is 4.88. The van der Waals surface area contributed by atoms with Crippen LogP contribution in [0.5, 0.6) is 0 Å². The maximum absolute atomic E-state index is 10.8. The summed E-state index contributed by atoms with van der Waals surface area (Å²) >= 11 is 0.